The molecule has 1 heterocycles. The minimum absolute atomic E-state index is 0.148. The molecule has 3 rings (SSSR count). The van der Waals surface area contributed by atoms with Crippen molar-refractivity contribution >= 4 is 26.8 Å². The Morgan fingerprint density at radius 2 is 1.95 bits per heavy atom. The van der Waals surface area contributed by atoms with E-state index in [0.717, 1.165) is 4.47 Å². The molecule has 0 N–H and O–H groups in total. The number of ether oxygens (including phenoxy) is 2. The molecule has 3 aromatic rings. The van der Waals surface area contributed by atoms with Crippen molar-refractivity contribution in [3.8, 4) is 11.4 Å². The van der Waals surface area contributed by atoms with Crippen molar-refractivity contribution in [1.82, 2.24) is 9.78 Å². The zero-order valence-corrected chi connectivity index (χ0v) is 13.1. The zero-order valence-electron chi connectivity index (χ0n) is 11.5. The van der Waals surface area contributed by atoms with Gasteiger partial charge in [-0.15, -0.1) is 0 Å². The van der Waals surface area contributed by atoms with Gasteiger partial charge in [0.1, 0.15) is 5.52 Å². The zero-order chi connectivity index (χ0) is 15.7. The van der Waals surface area contributed by atoms with Crippen LogP contribution in [0.1, 0.15) is 0 Å². The highest BCUT2D eigenvalue weighted by Gasteiger charge is 2.19. The van der Waals surface area contributed by atoms with Gasteiger partial charge in [0.25, 0.3) is 0 Å². The average Bonchev–Trinajstić information content (AvgIpc) is 2.92. The largest absolute Gasteiger partial charge is 0.461 e. The number of benzene rings is 2. The van der Waals surface area contributed by atoms with Crippen LogP contribution in [0.3, 0.4) is 0 Å². The van der Waals surface area contributed by atoms with Crippen molar-refractivity contribution < 1.29 is 18.3 Å². The van der Waals surface area contributed by atoms with Crippen molar-refractivity contribution in [2.45, 2.75) is 0 Å². The summed E-state index contributed by atoms with van der Waals surface area (Å²) in [5.41, 5.74) is 0.802. The molecule has 0 aliphatic heterocycles. The third-order valence-electron chi connectivity index (χ3n) is 3.10. The summed E-state index contributed by atoms with van der Waals surface area (Å²) in [4.78, 5) is 0. The Balaban J connectivity index is 2.18. The van der Waals surface area contributed by atoms with Crippen LogP contribution < -0.4 is 4.74 Å². The lowest BCUT2D eigenvalue weighted by atomic mass is 10.2. The van der Waals surface area contributed by atoms with Crippen LogP contribution >= 0.6 is 15.9 Å². The normalized spacial score (nSPS) is 11.1. The van der Waals surface area contributed by atoms with E-state index in [1.165, 1.54) is 24.1 Å². The Morgan fingerprint density at radius 1 is 1.23 bits per heavy atom. The first-order valence-corrected chi connectivity index (χ1v) is 7.14. The minimum Gasteiger partial charge on any atom is -0.461 e. The van der Waals surface area contributed by atoms with Gasteiger partial charge in [0, 0.05) is 17.0 Å². The lowest BCUT2D eigenvalue weighted by Crippen LogP contribution is -2.05. The highest BCUT2D eigenvalue weighted by atomic mass is 79.9. The molecule has 0 saturated heterocycles. The lowest BCUT2D eigenvalue weighted by Gasteiger charge is -2.10. The van der Waals surface area contributed by atoms with E-state index >= 15 is 0 Å². The van der Waals surface area contributed by atoms with E-state index in [4.69, 9.17) is 9.47 Å². The van der Waals surface area contributed by atoms with Crippen LogP contribution in [0.4, 0.5) is 8.78 Å². The van der Waals surface area contributed by atoms with Gasteiger partial charge in [0.15, 0.2) is 24.2 Å². The summed E-state index contributed by atoms with van der Waals surface area (Å²) in [6, 6.07) is 8.36. The van der Waals surface area contributed by atoms with E-state index in [2.05, 4.69) is 21.0 Å². The van der Waals surface area contributed by atoms with Crippen molar-refractivity contribution in [3.63, 3.8) is 0 Å². The summed E-state index contributed by atoms with van der Waals surface area (Å²) in [7, 11) is 1.38. The lowest BCUT2D eigenvalue weighted by molar-refractivity contribution is 0.0455. The van der Waals surface area contributed by atoms with Gasteiger partial charge in [-0.3, -0.25) is 0 Å². The Morgan fingerprint density at radius 3 is 2.64 bits per heavy atom. The first-order chi connectivity index (χ1) is 10.6. The monoisotopic (exact) mass is 368 g/mol. The van der Waals surface area contributed by atoms with E-state index in [1.54, 1.807) is 12.1 Å². The van der Waals surface area contributed by atoms with Crippen LogP contribution in [-0.2, 0) is 4.74 Å². The summed E-state index contributed by atoms with van der Waals surface area (Å²) >= 11 is 3.34. The first kappa shape index (κ1) is 14.9. The van der Waals surface area contributed by atoms with E-state index in [9.17, 15) is 8.78 Å². The molecule has 0 saturated carbocycles. The van der Waals surface area contributed by atoms with Crippen LogP contribution in [0.2, 0.25) is 0 Å². The molecule has 1 aromatic heterocycles. The minimum atomic E-state index is -0.813. The fourth-order valence-corrected chi connectivity index (χ4v) is 2.39. The summed E-state index contributed by atoms with van der Waals surface area (Å²) in [6.07, 6.45) is 1.41. The SMILES string of the molecule is COCOc1c(F)cc2cnn(-c3ccc(Br)cc3)c2c1F. The van der Waals surface area contributed by atoms with Gasteiger partial charge in [-0.25, -0.2) is 13.5 Å². The second-order valence-corrected chi connectivity index (χ2v) is 5.44. The van der Waals surface area contributed by atoms with Crippen molar-refractivity contribution in [2.75, 3.05) is 13.9 Å². The van der Waals surface area contributed by atoms with Crippen molar-refractivity contribution in [3.05, 3.63) is 52.6 Å². The van der Waals surface area contributed by atoms with Gasteiger partial charge < -0.3 is 9.47 Å². The second-order valence-electron chi connectivity index (χ2n) is 4.52. The highest BCUT2D eigenvalue weighted by Crippen LogP contribution is 2.31. The molecule has 0 spiro atoms. The molecule has 0 fully saturated rings. The summed E-state index contributed by atoms with van der Waals surface area (Å²) in [5.74, 6) is -2.09. The maximum atomic E-state index is 14.6. The fraction of sp³-hybridized carbons (Fsp3) is 0.133. The Hall–Kier alpha value is -1.99. The van der Waals surface area contributed by atoms with Crippen LogP contribution in [-0.4, -0.2) is 23.7 Å². The predicted molar refractivity (Wildman–Crippen MR) is 81.2 cm³/mol. The van der Waals surface area contributed by atoms with Gasteiger partial charge >= 0.3 is 0 Å². The van der Waals surface area contributed by atoms with Crippen LogP contribution in [0.5, 0.6) is 5.75 Å². The second kappa shape index (κ2) is 6.02. The molecule has 0 amide bonds. The van der Waals surface area contributed by atoms with Gasteiger partial charge in [-0.1, -0.05) is 15.9 Å². The standard InChI is InChI=1S/C15H11BrF2N2O2/c1-21-8-22-15-12(17)6-9-7-19-20(14(9)13(15)18)11-4-2-10(16)3-5-11/h2-7H,8H2,1H3. The molecule has 0 unspecified atom stereocenters. The van der Waals surface area contributed by atoms with E-state index in [-0.39, 0.29) is 12.3 Å². The van der Waals surface area contributed by atoms with Crippen molar-refractivity contribution in [1.29, 1.82) is 0 Å². The molecule has 0 atom stereocenters. The number of methoxy groups -OCH3 is 1. The smallest absolute Gasteiger partial charge is 0.196 e. The summed E-state index contributed by atoms with van der Waals surface area (Å²) in [6.45, 7) is -0.244. The van der Waals surface area contributed by atoms with Crippen LogP contribution in [0.25, 0.3) is 16.6 Å². The highest BCUT2D eigenvalue weighted by molar-refractivity contribution is 9.10. The third-order valence-corrected chi connectivity index (χ3v) is 3.62. The quantitative estimate of drug-likeness (QED) is 0.651. The molecule has 114 valence electrons. The number of hydrogen-bond donors (Lipinski definition) is 0. The molecule has 0 aliphatic carbocycles. The third kappa shape index (κ3) is 2.57. The number of nitrogens with zero attached hydrogens (tertiary/aromatic N) is 2. The topological polar surface area (TPSA) is 36.3 Å². The van der Waals surface area contributed by atoms with E-state index < -0.39 is 17.4 Å². The molecule has 2 aromatic carbocycles. The fourth-order valence-electron chi connectivity index (χ4n) is 2.13. The number of hydrogen-bond acceptors (Lipinski definition) is 3. The Kier molecular flexibility index (Phi) is 4.08. The summed E-state index contributed by atoms with van der Waals surface area (Å²) in [5, 5.41) is 4.48. The number of aromatic nitrogens is 2. The molecular formula is C15H11BrF2N2O2. The number of fused-ring (bicyclic) bond motifs is 1. The predicted octanol–water partition coefficient (Wildman–Crippen LogP) is 4.05. The molecular weight excluding hydrogens is 358 g/mol. The van der Waals surface area contributed by atoms with Crippen molar-refractivity contribution in [2.24, 2.45) is 0 Å². The number of rotatable bonds is 4. The van der Waals surface area contributed by atoms with E-state index in [0.29, 0.717) is 11.1 Å². The maximum absolute atomic E-state index is 14.6. The van der Waals surface area contributed by atoms with Gasteiger partial charge in [0.05, 0.1) is 11.9 Å². The van der Waals surface area contributed by atoms with E-state index in [1.807, 2.05) is 12.1 Å². The number of halogens is 3. The molecule has 0 radical (unpaired) electrons. The molecule has 22 heavy (non-hydrogen) atoms. The van der Waals surface area contributed by atoms with Crippen LogP contribution in [0.15, 0.2) is 41.0 Å². The van der Waals surface area contributed by atoms with Gasteiger partial charge in [-0.2, -0.15) is 5.10 Å². The molecule has 0 aliphatic rings. The molecule has 4 nitrogen and oxygen atoms in total. The van der Waals surface area contributed by atoms with Gasteiger partial charge in [0.2, 0.25) is 0 Å². The first-order valence-electron chi connectivity index (χ1n) is 6.35. The molecule has 7 heteroatoms. The van der Waals surface area contributed by atoms with Gasteiger partial charge in [-0.05, 0) is 30.3 Å². The van der Waals surface area contributed by atoms with Crippen LogP contribution in [0, 0.1) is 11.6 Å². The summed E-state index contributed by atoms with van der Waals surface area (Å²) < 4.78 is 40.5. The Labute approximate surface area is 133 Å². The Bertz CT molecular complexity index is 819. The maximum Gasteiger partial charge on any atom is 0.196 e. The average molecular weight is 369 g/mol. The molecule has 0 bridgehead atoms.